The number of fused-ring (bicyclic) bond motifs is 3. The third kappa shape index (κ3) is 5.09. The Balaban J connectivity index is 1.17. The van der Waals surface area contributed by atoms with Crippen LogP contribution in [0.5, 0.6) is 5.75 Å². The molecule has 208 valence electrons. The second kappa shape index (κ2) is 10.8. The Hall–Kier alpha value is -4.09. The van der Waals surface area contributed by atoms with Crippen LogP contribution in [0.4, 0.5) is 10.6 Å². The zero-order valence-corrected chi connectivity index (χ0v) is 22.6. The highest BCUT2D eigenvalue weighted by Gasteiger charge is 2.45. The average molecular weight is 564 g/mol. The van der Waals surface area contributed by atoms with Gasteiger partial charge in [-0.05, 0) is 25.0 Å². The number of amides is 1. The molecule has 2 fully saturated rings. The zero-order valence-electron chi connectivity index (χ0n) is 21.9. The van der Waals surface area contributed by atoms with Crippen molar-refractivity contribution in [3.63, 3.8) is 0 Å². The van der Waals surface area contributed by atoms with Crippen molar-refractivity contribution in [1.82, 2.24) is 19.9 Å². The maximum atomic E-state index is 12.2. The molecule has 11 nitrogen and oxygen atoms in total. The highest BCUT2D eigenvalue weighted by molar-refractivity contribution is 6.35. The molecule has 1 aromatic carbocycles. The van der Waals surface area contributed by atoms with Gasteiger partial charge in [0.05, 0.1) is 22.4 Å². The van der Waals surface area contributed by atoms with E-state index in [9.17, 15) is 4.79 Å². The number of H-pyrrole nitrogens is 1. The number of likely N-dealkylation sites (tertiary alicyclic amines) is 1. The van der Waals surface area contributed by atoms with E-state index in [1.807, 2.05) is 18.2 Å². The Bertz CT molecular complexity index is 1500. The van der Waals surface area contributed by atoms with Crippen molar-refractivity contribution in [2.45, 2.75) is 37.2 Å². The molecule has 6 rings (SSSR count). The number of aromatic nitrogens is 3. The Labute approximate surface area is 236 Å². The SMILES string of the molecule is C=C(/C=C(\N=C/N)N1CCC2(CC1)OC(=O)Nc1ncccc12)Oc1cc(Cl)c2[nH]c(C3CCOCC3)nc2c1. The minimum atomic E-state index is -0.743. The number of hydrogen-bond donors (Lipinski definition) is 3. The van der Waals surface area contributed by atoms with Crippen LogP contribution in [0.15, 0.2) is 59.7 Å². The highest BCUT2D eigenvalue weighted by atomic mass is 35.5. The van der Waals surface area contributed by atoms with Crippen LogP contribution in [0.3, 0.4) is 0 Å². The lowest BCUT2D eigenvalue weighted by molar-refractivity contribution is -0.0325. The molecule has 0 saturated carbocycles. The van der Waals surface area contributed by atoms with E-state index >= 15 is 0 Å². The summed E-state index contributed by atoms with van der Waals surface area (Å²) in [5.74, 6) is 3.23. The van der Waals surface area contributed by atoms with Gasteiger partial charge in [0, 0.05) is 75.0 Å². The third-order valence-electron chi connectivity index (χ3n) is 7.59. The minimum Gasteiger partial charge on any atom is -0.458 e. The van der Waals surface area contributed by atoms with E-state index in [0.29, 0.717) is 60.0 Å². The minimum absolute atomic E-state index is 0.318. The molecule has 12 heteroatoms. The number of rotatable bonds is 6. The molecule has 3 aliphatic heterocycles. The molecule has 3 aromatic rings. The molecule has 0 unspecified atom stereocenters. The van der Waals surface area contributed by atoms with Crippen LogP contribution in [-0.4, -0.2) is 58.6 Å². The summed E-state index contributed by atoms with van der Waals surface area (Å²) < 4.78 is 17.3. The number of aromatic amines is 1. The molecular weight excluding hydrogens is 534 g/mol. The molecule has 4 N–H and O–H groups in total. The Morgan fingerprint density at radius 3 is 2.88 bits per heavy atom. The van der Waals surface area contributed by atoms with Gasteiger partial charge in [0.1, 0.15) is 34.6 Å². The van der Waals surface area contributed by atoms with E-state index in [4.69, 9.17) is 36.5 Å². The van der Waals surface area contributed by atoms with E-state index < -0.39 is 11.7 Å². The predicted molar refractivity (Wildman–Crippen MR) is 151 cm³/mol. The van der Waals surface area contributed by atoms with Gasteiger partial charge in [0.15, 0.2) is 0 Å². The van der Waals surface area contributed by atoms with Crippen molar-refractivity contribution in [3.8, 4) is 5.75 Å². The summed E-state index contributed by atoms with van der Waals surface area (Å²) in [6, 6.07) is 7.36. The molecule has 0 aliphatic carbocycles. The van der Waals surface area contributed by atoms with Gasteiger partial charge >= 0.3 is 6.09 Å². The summed E-state index contributed by atoms with van der Waals surface area (Å²) in [5.41, 5.74) is 7.32. The van der Waals surface area contributed by atoms with Gasteiger partial charge in [0.25, 0.3) is 0 Å². The van der Waals surface area contributed by atoms with Crippen LogP contribution in [-0.2, 0) is 15.1 Å². The van der Waals surface area contributed by atoms with Gasteiger partial charge in [-0.1, -0.05) is 18.2 Å². The predicted octanol–water partition coefficient (Wildman–Crippen LogP) is 4.78. The third-order valence-corrected chi connectivity index (χ3v) is 7.89. The first kappa shape index (κ1) is 26.1. The summed E-state index contributed by atoms with van der Waals surface area (Å²) >= 11 is 6.58. The van der Waals surface area contributed by atoms with Crippen LogP contribution >= 0.6 is 11.6 Å². The fourth-order valence-electron chi connectivity index (χ4n) is 5.60. The number of carbonyl (C=O) groups is 1. The number of aliphatic imine (C=N–C) groups is 1. The summed E-state index contributed by atoms with van der Waals surface area (Å²) in [4.78, 5) is 31.1. The van der Waals surface area contributed by atoms with Crippen LogP contribution in [0.25, 0.3) is 11.0 Å². The fourth-order valence-corrected chi connectivity index (χ4v) is 5.85. The van der Waals surface area contributed by atoms with E-state index in [0.717, 1.165) is 48.5 Å². The first-order valence-corrected chi connectivity index (χ1v) is 13.6. The quantitative estimate of drug-likeness (QED) is 0.168. The molecule has 1 amide bonds. The first-order chi connectivity index (χ1) is 19.4. The maximum Gasteiger partial charge on any atom is 0.413 e. The van der Waals surface area contributed by atoms with E-state index in [1.165, 1.54) is 6.34 Å². The van der Waals surface area contributed by atoms with Crippen molar-refractivity contribution >= 4 is 40.9 Å². The van der Waals surface area contributed by atoms with Crippen LogP contribution < -0.4 is 15.8 Å². The Kier molecular flexibility index (Phi) is 7.07. The second-order valence-electron chi connectivity index (χ2n) is 10.1. The normalized spacial score (nSPS) is 19.5. The van der Waals surface area contributed by atoms with Gasteiger partial charge < -0.3 is 29.8 Å². The van der Waals surface area contributed by atoms with Gasteiger partial charge in [-0.2, -0.15) is 0 Å². The molecule has 5 heterocycles. The first-order valence-electron chi connectivity index (χ1n) is 13.2. The van der Waals surface area contributed by atoms with Crippen LogP contribution in [0.2, 0.25) is 5.02 Å². The second-order valence-corrected chi connectivity index (χ2v) is 10.5. The van der Waals surface area contributed by atoms with Crippen molar-refractivity contribution < 1.29 is 19.0 Å². The van der Waals surface area contributed by atoms with Crippen molar-refractivity contribution in [2.24, 2.45) is 10.7 Å². The molecule has 0 bridgehead atoms. The zero-order chi connectivity index (χ0) is 27.7. The summed E-state index contributed by atoms with van der Waals surface area (Å²) in [7, 11) is 0. The number of halogens is 1. The van der Waals surface area contributed by atoms with Gasteiger partial charge in [-0.3, -0.25) is 5.32 Å². The number of nitrogens with zero attached hydrogens (tertiary/aromatic N) is 4. The molecule has 3 aliphatic rings. The van der Waals surface area contributed by atoms with Gasteiger partial charge in [-0.25, -0.2) is 19.8 Å². The number of hydrogen-bond acceptors (Lipinski definition) is 8. The monoisotopic (exact) mass is 563 g/mol. The lowest BCUT2D eigenvalue weighted by Gasteiger charge is -2.44. The number of anilines is 1. The summed E-state index contributed by atoms with van der Waals surface area (Å²) in [5, 5.41) is 3.20. The largest absolute Gasteiger partial charge is 0.458 e. The van der Waals surface area contributed by atoms with Crippen LogP contribution in [0, 0.1) is 0 Å². The number of pyridine rings is 1. The molecule has 0 radical (unpaired) electrons. The standard InChI is InChI=1S/C28H30ClN7O4/c1-17(39-19-14-21(29)24-22(15-19)33-25(34-24)18-4-11-38-12-5-18)13-23(32-16-30)36-9-6-28(7-10-36)20-3-2-8-31-26(20)35-27(37)40-28/h2-3,8,13-16,18H,1,4-7,9-12H2,(H2,30,32)(H,33,34)(H,31,35,37)/b23-13+. The smallest absolute Gasteiger partial charge is 0.413 e. The fraction of sp³-hybridized carbons (Fsp3) is 0.357. The Morgan fingerprint density at radius 1 is 1.30 bits per heavy atom. The number of imidazole rings is 1. The summed E-state index contributed by atoms with van der Waals surface area (Å²) in [6.45, 7) is 6.66. The lowest BCUT2D eigenvalue weighted by Crippen LogP contribution is -2.48. The van der Waals surface area contributed by atoms with Gasteiger partial charge in [-0.15, -0.1) is 0 Å². The molecule has 0 atom stereocenters. The van der Waals surface area contributed by atoms with E-state index in [-0.39, 0.29) is 0 Å². The number of allylic oxidation sites excluding steroid dienone is 1. The van der Waals surface area contributed by atoms with E-state index in [2.05, 4.69) is 31.8 Å². The molecule has 40 heavy (non-hydrogen) atoms. The van der Waals surface area contributed by atoms with Crippen molar-refractivity contribution in [2.75, 3.05) is 31.6 Å². The molecule has 2 saturated heterocycles. The Morgan fingerprint density at radius 2 is 2.10 bits per heavy atom. The van der Waals surface area contributed by atoms with Crippen molar-refractivity contribution in [3.05, 3.63) is 71.1 Å². The van der Waals surface area contributed by atoms with Gasteiger partial charge in [0.2, 0.25) is 0 Å². The average Bonchev–Trinajstić information content (AvgIpc) is 3.39. The number of carbonyl (C=O) groups excluding carboxylic acids is 1. The number of nitrogens with two attached hydrogens (primary N) is 1. The topological polar surface area (TPSA) is 140 Å². The lowest BCUT2D eigenvalue weighted by atomic mass is 9.83. The van der Waals surface area contributed by atoms with Crippen molar-refractivity contribution in [1.29, 1.82) is 0 Å². The maximum absolute atomic E-state index is 12.2. The van der Waals surface area contributed by atoms with E-state index in [1.54, 1.807) is 18.3 Å². The number of benzene rings is 1. The highest BCUT2D eigenvalue weighted by Crippen LogP contribution is 2.43. The number of nitrogens with one attached hydrogen (secondary N) is 2. The summed E-state index contributed by atoms with van der Waals surface area (Å²) in [6.07, 6.45) is 7.08. The number of ether oxygens (including phenoxy) is 3. The molecular formula is C28H30ClN7O4. The van der Waals surface area contributed by atoms with Crippen LogP contribution in [0.1, 0.15) is 43.0 Å². The molecule has 1 spiro atoms. The molecule has 2 aromatic heterocycles. The number of piperidine rings is 1.